The molecular weight excluding hydrogens is 432 g/mol. The van der Waals surface area contributed by atoms with E-state index in [1.165, 1.54) is 57.8 Å². The number of unbranched alkanes of at least 4 members (excludes halogenated alkanes) is 7. The summed E-state index contributed by atoms with van der Waals surface area (Å²) < 4.78 is 0. The van der Waals surface area contributed by atoms with E-state index in [0.29, 0.717) is 36.0 Å². The minimum absolute atomic E-state index is 0.00557. The molecule has 0 bridgehead atoms. The van der Waals surface area contributed by atoms with Gasteiger partial charge in [-0.05, 0) is 93.3 Å². The minimum atomic E-state index is -0.171. The number of fused-ring (bicyclic) bond motifs is 3. The first-order valence-corrected chi connectivity index (χ1v) is 14.7. The summed E-state index contributed by atoms with van der Waals surface area (Å²) in [7, 11) is 0. The molecule has 3 aliphatic rings. The number of aliphatic hydroxyl groups excluding tert-OH is 1. The highest BCUT2D eigenvalue weighted by molar-refractivity contribution is 5.76. The van der Waals surface area contributed by atoms with Gasteiger partial charge in [0.15, 0.2) is 0 Å². The lowest BCUT2D eigenvalue weighted by atomic mass is 9.43. The molecule has 0 spiro atoms. The summed E-state index contributed by atoms with van der Waals surface area (Å²) >= 11 is 0. The molecule has 2 N–H and O–H groups in total. The minimum Gasteiger partial charge on any atom is -0.393 e. The maximum absolute atomic E-state index is 12.6. The molecule has 4 heteroatoms. The van der Waals surface area contributed by atoms with Crippen LogP contribution in [0.3, 0.4) is 0 Å². The molecule has 3 unspecified atom stereocenters. The fraction of sp³-hybridized carbons (Fsp3) is 0.871. The van der Waals surface area contributed by atoms with Crippen LogP contribution >= 0.6 is 0 Å². The zero-order chi connectivity index (χ0) is 25.5. The molecule has 0 aromatic heterocycles. The Kier molecular flexibility index (Phi) is 10.3. The highest BCUT2D eigenvalue weighted by Gasteiger charge is 2.58. The van der Waals surface area contributed by atoms with E-state index in [-0.39, 0.29) is 17.4 Å². The number of carbonyl (C=O) groups is 1. The first kappa shape index (κ1) is 28.2. The van der Waals surface area contributed by atoms with Crippen molar-refractivity contribution in [2.24, 2.45) is 28.6 Å². The third-order valence-corrected chi connectivity index (χ3v) is 10.3. The molecule has 5 atom stereocenters. The maximum atomic E-state index is 12.6. The van der Waals surface area contributed by atoms with E-state index in [2.05, 4.69) is 39.1 Å². The Morgan fingerprint density at radius 1 is 1.03 bits per heavy atom. The SMILES string of the molecule is CC1=C(CCC(=O)NCCCCCCCCCC#N)C2CCC3C(C)(C)[C@@H](O)CC[C@]3(C)C2CC1. The van der Waals surface area contributed by atoms with Crippen LogP contribution in [-0.4, -0.2) is 23.7 Å². The number of amides is 1. The number of rotatable bonds is 12. The van der Waals surface area contributed by atoms with Crippen LogP contribution in [0.25, 0.3) is 0 Å². The third kappa shape index (κ3) is 6.71. The summed E-state index contributed by atoms with van der Waals surface area (Å²) in [6, 6.07) is 2.21. The summed E-state index contributed by atoms with van der Waals surface area (Å²) in [5, 5.41) is 22.5. The lowest BCUT2D eigenvalue weighted by Crippen LogP contribution is -2.56. The summed E-state index contributed by atoms with van der Waals surface area (Å²) in [6.07, 6.45) is 17.2. The Morgan fingerprint density at radius 2 is 1.71 bits per heavy atom. The number of nitrogens with zero attached hydrogens (tertiary/aromatic N) is 1. The molecule has 0 aliphatic heterocycles. The summed E-state index contributed by atoms with van der Waals surface area (Å²) in [6.45, 7) is 10.2. The van der Waals surface area contributed by atoms with Crippen LogP contribution < -0.4 is 5.32 Å². The lowest BCUT2D eigenvalue weighted by Gasteiger charge is -2.62. The van der Waals surface area contributed by atoms with Crippen LogP contribution in [0.4, 0.5) is 0 Å². The molecule has 35 heavy (non-hydrogen) atoms. The van der Waals surface area contributed by atoms with Crippen molar-refractivity contribution in [2.75, 3.05) is 6.54 Å². The van der Waals surface area contributed by atoms with Crippen molar-refractivity contribution in [3.05, 3.63) is 11.1 Å². The predicted octanol–water partition coefficient (Wildman–Crippen LogP) is 7.47. The van der Waals surface area contributed by atoms with E-state index >= 15 is 0 Å². The molecule has 4 nitrogen and oxygen atoms in total. The average molecular weight is 485 g/mol. The standard InChI is InChI=1S/C31H52N2O2/c1-23-13-16-26-25(14-17-27-30(2,3)28(34)19-20-31(26,27)4)24(23)15-18-29(35)33-22-12-10-8-6-5-7-9-11-21-32/h25-28,34H,5-20,22H2,1-4H3,(H,33,35)/t25?,26?,27?,28-,31+/m0/s1. The number of hydrogen-bond acceptors (Lipinski definition) is 3. The van der Waals surface area contributed by atoms with Crippen LogP contribution in [0, 0.1) is 39.9 Å². The van der Waals surface area contributed by atoms with Crippen LogP contribution in [0.1, 0.15) is 130 Å². The number of hydrogen-bond donors (Lipinski definition) is 2. The number of nitrogens with one attached hydrogen (secondary N) is 1. The van der Waals surface area contributed by atoms with Crippen LogP contribution in [0.15, 0.2) is 11.1 Å². The van der Waals surface area contributed by atoms with Crippen LogP contribution in [-0.2, 0) is 4.79 Å². The quantitative estimate of drug-likeness (QED) is 0.223. The smallest absolute Gasteiger partial charge is 0.220 e. The molecule has 1 amide bonds. The fourth-order valence-corrected chi connectivity index (χ4v) is 8.20. The lowest BCUT2D eigenvalue weighted by molar-refractivity contribution is -0.149. The van der Waals surface area contributed by atoms with Crippen LogP contribution in [0.2, 0.25) is 0 Å². The fourth-order valence-electron chi connectivity index (χ4n) is 8.20. The van der Waals surface area contributed by atoms with Gasteiger partial charge in [0.1, 0.15) is 0 Å². The first-order chi connectivity index (χ1) is 16.7. The second-order valence-electron chi connectivity index (χ2n) is 12.8. The molecule has 2 fully saturated rings. The molecule has 3 aliphatic carbocycles. The van der Waals surface area contributed by atoms with E-state index in [1.807, 2.05) is 0 Å². The van der Waals surface area contributed by atoms with Crippen molar-refractivity contribution in [1.29, 1.82) is 5.26 Å². The summed E-state index contributed by atoms with van der Waals surface area (Å²) in [5.74, 6) is 2.15. The molecule has 0 heterocycles. The number of allylic oxidation sites excluding steroid dienone is 2. The van der Waals surface area contributed by atoms with Crippen LogP contribution in [0.5, 0.6) is 0 Å². The van der Waals surface area contributed by atoms with Gasteiger partial charge in [-0.2, -0.15) is 5.26 Å². The Morgan fingerprint density at radius 3 is 2.43 bits per heavy atom. The van der Waals surface area contributed by atoms with E-state index in [9.17, 15) is 9.90 Å². The molecule has 0 aromatic rings. The van der Waals surface area contributed by atoms with Gasteiger partial charge in [0.05, 0.1) is 12.2 Å². The monoisotopic (exact) mass is 484 g/mol. The Hall–Kier alpha value is -1.34. The Labute approximate surface area is 215 Å². The highest BCUT2D eigenvalue weighted by Crippen LogP contribution is 2.64. The molecule has 0 aromatic carbocycles. The molecule has 0 saturated heterocycles. The zero-order valence-electron chi connectivity index (χ0n) is 23.1. The molecular formula is C31H52N2O2. The van der Waals surface area contributed by atoms with Gasteiger partial charge in [-0.25, -0.2) is 0 Å². The molecule has 198 valence electrons. The second kappa shape index (κ2) is 12.8. The number of carbonyl (C=O) groups excluding carboxylic acids is 1. The van der Waals surface area contributed by atoms with E-state index < -0.39 is 0 Å². The number of aliphatic hydroxyl groups is 1. The van der Waals surface area contributed by atoms with Gasteiger partial charge in [0.25, 0.3) is 0 Å². The highest BCUT2D eigenvalue weighted by atomic mass is 16.3. The van der Waals surface area contributed by atoms with Crippen molar-refractivity contribution in [1.82, 2.24) is 5.32 Å². The molecule has 2 saturated carbocycles. The summed E-state index contributed by atoms with van der Waals surface area (Å²) in [4.78, 5) is 12.6. The van der Waals surface area contributed by atoms with Crippen molar-refractivity contribution in [3.8, 4) is 6.07 Å². The third-order valence-electron chi connectivity index (χ3n) is 10.3. The Bertz CT molecular complexity index is 779. The van der Waals surface area contributed by atoms with E-state index in [1.54, 1.807) is 11.1 Å². The Balaban J connectivity index is 1.42. The predicted molar refractivity (Wildman–Crippen MR) is 144 cm³/mol. The van der Waals surface area contributed by atoms with Crippen molar-refractivity contribution < 1.29 is 9.90 Å². The average Bonchev–Trinajstić information content (AvgIpc) is 2.82. The molecule has 3 rings (SSSR count). The second-order valence-corrected chi connectivity index (χ2v) is 12.8. The largest absolute Gasteiger partial charge is 0.393 e. The maximum Gasteiger partial charge on any atom is 0.220 e. The van der Waals surface area contributed by atoms with Crippen molar-refractivity contribution in [2.45, 2.75) is 137 Å². The van der Waals surface area contributed by atoms with Gasteiger partial charge in [-0.3, -0.25) is 4.79 Å². The number of nitriles is 1. The van der Waals surface area contributed by atoms with Gasteiger partial charge in [0.2, 0.25) is 5.91 Å². The summed E-state index contributed by atoms with van der Waals surface area (Å²) in [5.41, 5.74) is 3.46. The van der Waals surface area contributed by atoms with E-state index in [0.717, 1.165) is 38.6 Å². The van der Waals surface area contributed by atoms with Gasteiger partial charge in [-0.15, -0.1) is 0 Å². The van der Waals surface area contributed by atoms with E-state index in [4.69, 9.17) is 5.26 Å². The van der Waals surface area contributed by atoms with Crippen molar-refractivity contribution in [3.63, 3.8) is 0 Å². The first-order valence-electron chi connectivity index (χ1n) is 14.7. The van der Waals surface area contributed by atoms with Gasteiger partial charge in [-0.1, -0.05) is 64.0 Å². The molecule has 0 radical (unpaired) electrons. The normalized spacial score (nSPS) is 31.9. The van der Waals surface area contributed by atoms with Gasteiger partial charge in [0, 0.05) is 19.4 Å². The zero-order valence-corrected chi connectivity index (χ0v) is 23.1. The van der Waals surface area contributed by atoms with Gasteiger partial charge < -0.3 is 10.4 Å². The van der Waals surface area contributed by atoms with Gasteiger partial charge >= 0.3 is 0 Å². The topological polar surface area (TPSA) is 73.1 Å². The van der Waals surface area contributed by atoms with Crippen molar-refractivity contribution >= 4 is 5.91 Å².